The van der Waals surface area contributed by atoms with Crippen molar-refractivity contribution in [2.75, 3.05) is 38.0 Å². The van der Waals surface area contributed by atoms with E-state index in [1.54, 1.807) is 30.6 Å². The molecule has 11 nitrogen and oxygen atoms in total. The van der Waals surface area contributed by atoms with E-state index < -0.39 is 0 Å². The first-order valence-electron chi connectivity index (χ1n) is 9.16. The molecule has 0 spiro atoms. The number of likely N-dealkylation sites (tertiary alicyclic amines) is 1. The third kappa shape index (κ3) is 3.89. The van der Waals surface area contributed by atoms with E-state index >= 15 is 0 Å². The molecule has 1 aliphatic rings. The number of nitrogen functional groups attached to an aromatic ring is 1. The molecule has 0 saturated carbocycles. The number of hydrogen-bond acceptors (Lipinski definition) is 8. The second kappa shape index (κ2) is 8.20. The van der Waals surface area contributed by atoms with Crippen molar-refractivity contribution in [3.8, 4) is 5.88 Å². The maximum Gasteiger partial charge on any atom is 0.246 e. The molecule has 1 fully saturated rings. The Hall–Kier alpha value is -3.31. The molecule has 3 aromatic rings. The van der Waals surface area contributed by atoms with E-state index in [-0.39, 0.29) is 24.5 Å². The van der Waals surface area contributed by atoms with Crippen LogP contribution in [0.15, 0.2) is 31.2 Å². The molecular formula is C18H21ClN8O3. The molecule has 4 heterocycles. The van der Waals surface area contributed by atoms with Gasteiger partial charge in [0.1, 0.15) is 5.65 Å². The summed E-state index contributed by atoms with van der Waals surface area (Å²) >= 11 is 6.30. The first kappa shape index (κ1) is 20.0. The Kier molecular flexibility index (Phi) is 5.46. The molecule has 0 radical (unpaired) electrons. The van der Waals surface area contributed by atoms with E-state index in [1.807, 2.05) is 0 Å². The standard InChI is InChI=1S/C18H21ClN8O3/c1-3-14(28)26-6-10(13(8-26)29-2)9-30-17-15-12(19)5-21-16(15)24-18(25-17)23-11-4-22-27(20)7-11/h3-5,7,10,13H,1,6,8-9,20H2,2H3,(H2,21,23,24,25)/t10-,13+/m1/s1. The number of nitrogens with one attached hydrogen (secondary N) is 2. The normalized spacial score (nSPS) is 18.7. The fourth-order valence-corrected chi connectivity index (χ4v) is 3.64. The Balaban J connectivity index is 1.56. The Morgan fingerprint density at radius 1 is 1.50 bits per heavy atom. The van der Waals surface area contributed by atoms with Gasteiger partial charge in [-0.05, 0) is 6.08 Å². The quantitative estimate of drug-likeness (QED) is 0.375. The van der Waals surface area contributed by atoms with Crippen molar-refractivity contribution in [1.29, 1.82) is 0 Å². The summed E-state index contributed by atoms with van der Waals surface area (Å²) in [5.74, 6) is 6.01. The summed E-state index contributed by atoms with van der Waals surface area (Å²) in [6.07, 6.45) is 5.89. The van der Waals surface area contributed by atoms with Crippen LogP contribution in [0, 0.1) is 5.92 Å². The SMILES string of the molecule is C=CC(=O)N1C[C@H](COc2nc(Nc3cnn(N)c3)nc3[nH]cc(Cl)c23)[C@@H](OC)C1. The average molecular weight is 433 g/mol. The second-order valence-electron chi connectivity index (χ2n) is 6.84. The van der Waals surface area contributed by atoms with E-state index in [0.717, 1.165) is 0 Å². The van der Waals surface area contributed by atoms with Gasteiger partial charge in [-0.3, -0.25) is 4.79 Å². The van der Waals surface area contributed by atoms with Gasteiger partial charge in [-0.15, -0.1) is 0 Å². The Bertz CT molecular complexity index is 1080. The van der Waals surface area contributed by atoms with Gasteiger partial charge in [0, 0.05) is 32.3 Å². The highest BCUT2D eigenvalue weighted by Gasteiger charge is 2.35. The second-order valence-corrected chi connectivity index (χ2v) is 7.25. The molecule has 0 aromatic carbocycles. The number of carbonyl (C=O) groups is 1. The van der Waals surface area contributed by atoms with Gasteiger partial charge in [0.2, 0.25) is 17.7 Å². The lowest BCUT2D eigenvalue weighted by Gasteiger charge is -2.17. The van der Waals surface area contributed by atoms with Crippen LogP contribution in [0.1, 0.15) is 0 Å². The Labute approximate surface area is 176 Å². The highest BCUT2D eigenvalue weighted by atomic mass is 35.5. The number of nitrogens with zero attached hydrogens (tertiary/aromatic N) is 5. The largest absolute Gasteiger partial charge is 0.477 e. The smallest absolute Gasteiger partial charge is 0.246 e. The predicted octanol–water partition coefficient (Wildman–Crippen LogP) is 1.30. The minimum atomic E-state index is -0.152. The molecule has 0 bridgehead atoms. The molecule has 3 aromatic heterocycles. The molecule has 158 valence electrons. The topological polar surface area (TPSA) is 136 Å². The van der Waals surface area contributed by atoms with Gasteiger partial charge in [-0.25, -0.2) is 0 Å². The van der Waals surface area contributed by atoms with Gasteiger partial charge >= 0.3 is 0 Å². The summed E-state index contributed by atoms with van der Waals surface area (Å²) in [6.45, 7) is 4.80. The number of amides is 1. The van der Waals surface area contributed by atoms with Gasteiger partial charge in [-0.1, -0.05) is 18.2 Å². The summed E-state index contributed by atoms with van der Waals surface area (Å²) in [6, 6.07) is 0. The van der Waals surface area contributed by atoms with Crippen LogP contribution in [0.25, 0.3) is 11.0 Å². The summed E-state index contributed by atoms with van der Waals surface area (Å²) in [7, 11) is 1.62. The van der Waals surface area contributed by atoms with Crippen molar-refractivity contribution in [2.24, 2.45) is 5.92 Å². The van der Waals surface area contributed by atoms with Crippen LogP contribution in [0.5, 0.6) is 5.88 Å². The number of aromatic nitrogens is 5. The van der Waals surface area contributed by atoms with Crippen molar-refractivity contribution in [3.63, 3.8) is 0 Å². The molecule has 30 heavy (non-hydrogen) atoms. The van der Waals surface area contributed by atoms with Crippen molar-refractivity contribution in [3.05, 3.63) is 36.3 Å². The van der Waals surface area contributed by atoms with E-state index in [4.69, 9.17) is 26.9 Å². The minimum Gasteiger partial charge on any atom is -0.477 e. The van der Waals surface area contributed by atoms with Crippen molar-refractivity contribution in [1.82, 2.24) is 29.7 Å². The van der Waals surface area contributed by atoms with Crippen molar-refractivity contribution < 1.29 is 14.3 Å². The van der Waals surface area contributed by atoms with Gasteiger partial charge in [0.15, 0.2) is 0 Å². The fraction of sp³-hybridized carbons (Fsp3) is 0.333. The van der Waals surface area contributed by atoms with Crippen LogP contribution in [-0.4, -0.2) is 68.6 Å². The highest BCUT2D eigenvalue weighted by molar-refractivity contribution is 6.35. The Morgan fingerprint density at radius 2 is 2.33 bits per heavy atom. The number of carbonyl (C=O) groups excluding carboxylic acids is 1. The highest BCUT2D eigenvalue weighted by Crippen LogP contribution is 2.32. The fourth-order valence-electron chi connectivity index (χ4n) is 3.42. The zero-order chi connectivity index (χ0) is 21.3. The van der Waals surface area contributed by atoms with Crippen LogP contribution in [0.2, 0.25) is 5.02 Å². The molecule has 1 aliphatic heterocycles. The molecule has 0 unspecified atom stereocenters. The molecule has 1 amide bonds. The first-order valence-corrected chi connectivity index (χ1v) is 9.54. The molecule has 1 saturated heterocycles. The number of ether oxygens (including phenoxy) is 2. The van der Waals surface area contributed by atoms with Crippen LogP contribution >= 0.6 is 11.6 Å². The molecule has 4 N–H and O–H groups in total. The number of methoxy groups -OCH3 is 1. The molecule has 4 rings (SSSR count). The van der Waals surface area contributed by atoms with Crippen molar-refractivity contribution in [2.45, 2.75) is 6.10 Å². The number of fused-ring (bicyclic) bond motifs is 1. The van der Waals surface area contributed by atoms with Crippen LogP contribution in [0.3, 0.4) is 0 Å². The predicted molar refractivity (Wildman–Crippen MR) is 111 cm³/mol. The zero-order valence-corrected chi connectivity index (χ0v) is 17.0. The first-order chi connectivity index (χ1) is 14.5. The van der Waals surface area contributed by atoms with E-state index in [2.05, 4.69) is 31.9 Å². The van der Waals surface area contributed by atoms with Gasteiger partial charge < -0.3 is 30.5 Å². The summed E-state index contributed by atoms with van der Waals surface area (Å²) in [5.41, 5.74) is 1.14. The molecule has 0 aliphatic carbocycles. The number of hydrogen-bond donors (Lipinski definition) is 3. The Morgan fingerprint density at radius 3 is 3.03 bits per heavy atom. The number of halogens is 1. The monoisotopic (exact) mass is 432 g/mol. The lowest BCUT2D eigenvalue weighted by Crippen LogP contribution is -2.28. The lowest BCUT2D eigenvalue weighted by molar-refractivity contribution is -0.125. The molecule has 2 atom stereocenters. The number of rotatable bonds is 7. The summed E-state index contributed by atoms with van der Waals surface area (Å²) in [5, 5.41) is 7.94. The maximum absolute atomic E-state index is 11.9. The maximum atomic E-state index is 11.9. The van der Waals surface area contributed by atoms with Gasteiger partial charge in [0.05, 0.1) is 41.2 Å². The number of H-pyrrole nitrogens is 1. The lowest BCUT2D eigenvalue weighted by atomic mass is 10.1. The molecule has 12 heteroatoms. The van der Waals surface area contributed by atoms with E-state index in [1.165, 1.54) is 10.9 Å². The summed E-state index contributed by atoms with van der Waals surface area (Å²) < 4.78 is 11.6. The van der Waals surface area contributed by atoms with Crippen LogP contribution < -0.4 is 15.9 Å². The van der Waals surface area contributed by atoms with Crippen LogP contribution in [0.4, 0.5) is 11.6 Å². The van der Waals surface area contributed by atoms with Crippen LogP contribution in [-0.2, 0) is 9.53 Å². The van der Waals surface area contributed by atoms with E-state index in [9.17, 15) is 4.79 Å². The van der Waals surface area contributed by atoms with Crippen molar-refractivity contribution >= 4 is 40.2 Å². The number of anilines is 2. The van der Waals surface area contributed by atoms with E-state index in [0.29, 0.717) is 46.7 Å². The van der Waals surface area contributed by atoms with Gasteiger partial charge in [-0.2, -0.15) is 19.9 Å². The third-order valence-corrected chi connectivity index (χ3v) is 5.21. The minimum absolute atomic E-state index is 0.0338. The number of aromatic amines is 1. The zero-order valence-electron chi connectivity index (χ0n) is 16.2. The summed E-state index contributed by atoms with van der Waals surface area (Å²) in [4.78, 5) is 26.7. The average Bonchev–Trinajstić information content (AvgIpc) is 3.44. The third-order valence-electron chi connectivity index (χ3n) is 4.91. The molecular weight excluding hydrogens is 412 g/mol. The van der Waals surface area contributed by atoms with Gasteiger partial charge in [0.25, 0.3) is 0 Å². The number of nitrogens with two attached hydrogens (primary N) is 1.